The van der Waals surface area contributed by atoms with Gasteiger partial charge in [-0.25, -0.2) is 4.98 Å². The van der Waals surface area contributed by atoms with Gasteiger partial charge in [-0.2, -0.15) is 4.73 Å². The van der Waals surface area contributed by atoms with Gasteiger partial charge in [0.25, 0.3) is 5.91 Å². The van der Waals surface area contributed by atoms with Crippen molar-refractivity contribution in [3.05, 3.63) is 59.6 Å². The first kappa shape index (κ1) is 13.1. The van der Waals surface area contributed by atoms with E-state index in [9.17, 15) is 10.0 Å². The minimum absolute atomic E-state index is 0.291. The van der Waals surface area contributed by atoms with Crippen LogP contribution in [-0.2, 0) is 6.54 Å². The standard InChI is InChI=1S/C15H14N4O2/c1-2-19-13-6-4-3-5-12(13)16-15(19)17-14(20)11-7-9-18(21)10-8-11/h3-10H,2H2,1H3,(H,16,17,20). The zero-order chi connectivity index (χ0) is 14.8. The maximum atomic E-state index is 12.2. The molecule has 0 unspecified atom stereocenters. The van der Waals surface area contributed by atoms with Crippen LogP contribution in [0.2, 0.25) is 0 Å². The van der Waals surface area contributed by atoms with Gasteiger partial charge in [-0.15, -0.1) is 0 Å². The first-order valence-corrected chi connectivity index (χ1v) is 6.64. The molecule has 6 heteroatoms. The van der Waals surface area contributed by atoms with E-state index in [4.69, 9.17) is 0 Å². The van der Waals surface area contributed by atoms with Crippen molar-refractivity contribution >= 4 is 22.9 Å². The number of carbonyl (C=O) groups excluding carboxylic acids is 1. The molecule has 0 atom stereocenters. The molecule has 0 saturated heterocycles. The molecule has 0 saturated carbocycles. The Labute approximate surface area is 121 Å². The Balaban J connectivity index is 1.94. The van der Waals surface area contributed by atoms with Gasteiger partial charge in [0, 0.05) is 18.7 Å². The summed E-state index contributed by atoms with van der Waals surface area (Å²) in [6, 6.07) is 10.7. The Bertz CT molecular complexity index is 793. The average Bonchev–Trinajstić information content (AvgIpc) is 2.84. The van der Waals surface area contributed by atoms with E-state index in [1.54, 1.807) is 0 Å². The summed E-state index contributed by atoms with van der Waals surface area (Å²) < 4.78 is 2.57. The fraction of sp³-hybridized carbons (Fsp3) is 0.133. The van der Waals surface area contributed by atoms with Gasteiger partial charge in [0.2, 0.25) is 5.95 Å². The number of nitrogens with one attached hydrogen (secondary N) is 1. The number of hydrogen-bond acceptors (Lipinski definition) is 3. The second-order valence-corrected chi connectivity index (χ2v) is 4.57. The monoisotopic (exact) mass is 282 g/mol. The van der Waals surface area contributed by atoms with Gasteiger partial charge >= 0.3 is 0 Å². The van der Waals surface area contributed by atoms with E-state index < -0.39 is 0 Å². The molecule has 0 aliphatic heterocycles. The number of fused-ring (bicyclic) bond motifs is 1. The van der Waals surface area contributed by atoms with Gasteiger partial charge < -0.3 is 9.77 Å². The van der Waals surface area contributed by atoms with Crippen LogP contribution < -0.4 is 10.0 Å². The van der Waals surface area contributed by atoms with Gasteiger partial charge in [0.05, 0.1) is 16.6 Å². The normalized spacial score (nSPS) is 10.7. The van der Waals surface area contributed by atoms with Gasteiger partial charge in [-0.05, 0) is 19.1 Å². The highest BCUT2D eigenvalue weighted by molar-refractivity contribution is 6.03. The summed E-state index contributed by atoms with van der Waals surface area (Å²) in [5, 5.41) is 13.8. The van der Waals surface area contributed by atoms with Crippen LogP contribution in [0, 0.1) is 5.21 Å². The number of carbonyl (C=O) groups is 1. The average molecular weight is 282 g/mol. The molecule has 3 rings (SSSR count). The van der Waals surface area contributed by atoms with E-state index in [1.807, 2.05) is 35.8 Å². The number of imidazole rings is 1. The topological polar surface area (TPSA) is 73.9 Å². The van der Waals surface area contributed by atoms with E-state index in [2.05, 4.69) is 10.3 Å². The Hall–Kier alpha value is -2.89. The summed E-state index contributed by atoms with van der Waals surface area (Å²) in [5.41, 5.74) is 2.22. The van der Waals surface area contributed by atoms with Crippen molar-refractivity contribution in [3.8, 4) is 0 Å². The zero-order valence-corrected chi connectivity index (χ0v) is 11.5. The molecule has 2 aromatic heterocycles. The van der Waals surface area contributed by atoms with Gasteiger partial charge in [-0.3, -0.25) is 10.1 Å². The summed E-state index contributed by atoms with van der Waals surface area (Å²) in [6.07, 6.45) is 2.58. The maximum absolute atomic E-state index is 12.2. The van der Waals surface area contributed by atoms with Gasteiger partial charge in [-0.1, -0.05) is 12.1 Å². The molecule has 106 valence electrons. The van der Waals surface area contributed by atoms with Crippen LogP contribution in [0.4, 0.5) is 5.95 Å². The van der Waals surface area contributed by atoms with E-state index in [0.717, 1.165) is 11.0 Å². The molecule has 1 N–H and O–H groups in total. The molecule has 0 bridgehead atoms. The van der Waals surface area contributed by atoms with Crippen molar-refractivity contribution < 1.29 is 9.52 Å². The number of aromatic nitrogens is 3. The summed E-state index contributed by atoms with van der Waals surface area (Å²) in [7, 11) is 0. The number of hydrogen-bond donors (Lipinski definition) is 1. The summed E-state index contributed by atoms with van der Waals surface area (Å²) in [6.45, 7) is 2.69. The number of anilines is 1. The largest absolute Gasteiger partial charge is 0.619 e. The highest BCUT2D eigenvalue weighted by Crippen LogP contribution is 2.19. The molecule has 0 aliphatic rings. The van der Waals surface area contributed by atoms with Crippen LogP contribution in [0.3, 0.4) is 0 Å². The lowest BCUT2D eigenvalue weighted by molar-refractivity contribution is -0.605. The van der Waals surface area contributed by atoms with Crippen molar-refractivity contribution in [2.45, 2.75) is 13.5 Å². The third kappa shape index (κ3) is 2.43. The first-order chi connectivity index (χ1) is 10.2. The quantitative estimate of drug-likeness (QED) is 0.589. The number of para-hydroxylation sites is 2. The SMILES string of the molecule is CCn1c(NC(=O)c2cc[n+]([O-])cc2)nc2ccccc21. The maximum Gasteiger partial charge on any atom is 0.258 e. The molecule has 0 spiro atoms. The zero-order valence-electron chi connectivity index (χ0n) is 11.5. The highest BCUT2D eigenvalue weighted by Gasteiger charge is 2.13. The fourth-order valence-electron chi connectivity index (χ4n) is 2.23. The molecule has 3 aromatic rings. The van der Waals surface area contributed by atoms with Crippen LogP contribution in [-0.4, -0.2) is 15.5 Å². The molecular formula is C15H14N4O2. The van der Waals surface area contributed by atoms with Gasteiger partial charge in [0.1, 0.15) is 0 Å². The molecule has 0 fully saturated rings. The lowest BCUT2D eigenvalue weighted by Crippen LogP contribution is -2.25. The van der Waals surface area contributed by atoms with Crippen molar-refractivity contribution in [1.29, 1.82) is 0 Å². The van der Waals surface area contributed by atoms with E-state index in [0.29, 0.717) is 22.8 Å². The lowest BCUT2D eigenvalue weighted by atomic mass is 10.2. The lowest BCUT2D eigenvalue weighted by Gasteiger charge is -2.07. The second-order valence-electron chi connectivity index (χ2n) is 4.57. The van der Waals surface area contributed by atoms with E-state index in [-0.39, 0.29) is 5.91 Å². The summed E-state index contributed by atoms with van der Waals surface area (Å²) in [4.78, 5) is 16.6. The molecule has 21 heavy (non-hydrogen) atoms. The number of benzene rings is 1. The minimum atomic E-state index is -0.291. The summed E-state index contributed by atoms with van der Waals surface area (Å²) in [5.74, 6) is 0.211. The number of pyridine rings is 1. The van der Waals surface area contributed by atoms with Crippen LogP contribution in [0.1, 0.15) is 17.3 Å². The smallest absolute Gasteiger partial charge is 0.258 e. The Morgan fingerprint density at radius 2 is 2.00 bits per heavy atom. The van der Waals surface area contributed by atoms with Crippen LogP contribution >= 0.6 is 0 Å². The fourth-order valence-corrected chi connectivity index (χ4v) is 2.23. The van der Waals surface area contributed by atoms with Crippen molar-refractivity contribution in [3.63, 3.8) is 0 Å². The molecule has 0 aliphatic carbocycles. The van der Waals surface area contributed by atoms with Crippen molar-refractivity contribution in [2.24, 2.45) is 0 Å². The van der Waals surface area contributed by atoms with Crippen LogP contribution in [0.25, 0.3) is 11.0 Å². The van der Waals surface area contributed by atoms with Crippen LogP contribution in [0.15, 0.2) is 48.8 Å². The Morgan fingerprint density at radius 3 is 2.71 bits per heavy atom. The van der Waals surface area contributed by atoms with Crippen LogP contribution in [0.5, 0.6) is 0 Å². The number of nitrogens with zero attached hydrogens (tertiary/aromatic N) is 3. The van der Waals surface area contributed by atoms with Crippen molar-refractivity contribution in [1.82, 2.24) is 9.55 Å². The predicted octanol–water partition coefficient (Wildman–Crippen LogP) is 1.94. The molecule has 6 nitrogen and oxygen atoms in total. The third-order valence-electron chi connectivity index (χ3n) is 3.26. The number of aryl methyl sites for hydroxylation is 1. The second kappa shape index (κ2) is 5.24. The summed E-state index contributed by atoms with van der Waals surface area (Å²) >= 11 is 0. The van der Waals surface area contributed by atoms with E-state index >= 15 is 0 Å². The number of rotatable bonds is 3. The van der Waals surface area contributed by atoms with Crippen molar-refractivity contribution in [2.75, 3.05) is 5.32 Å². The molecule has 2 heterocycles. The molecular weight excluding hydrogens is 268 g/mol. The number of amides is 1. The Morgan fingerprint density at radius 1 is 1.29 bits per heavy atom. The third-order valence-corrected chi connectivity index (χ3v) is 3.26. The predicted molar refractivity (Wildman–Crippen MR) is 78.8 cm³/mol. The minimum Gasteiger partial charge on any atom is -0.619 e. The molecule has 1 aromatic carbocycles. The first-order valence-electron chi connectivity index (χ1n) is 6.64. The van der Waals surface area contributed by atoms with E-state index in [1.165, 1.54) is 24.5 Å². The molecule has 1 amide bonds. The van der Waals surface area contributed by atoms with Gasteiger partial charge in [0.15, 0.2) is 12.4 Å². The highest BCUT2D eigenvalue weighted by atomic mass is 16.5. The molecule has 0 radical (unpaired) electrons. The Kier molecular flexibility index (Phi) is 3.27.